The average Bonchev–Trinajstić information content (AvgIpc) is 2.37. The molecule has 0 spiro atoms. The highest BCUT2D eigenvalue weighted by Crippen LogP contribution is 2.16. The van der Waals surface area contributed by atoms with E-state index in [0.29, 0.717) is 12.8 Å². The summed E-state index contributed by atoms with van der Waals surface area (Å²) in [6.45, 7) is 2.14. The first kappa shape index (κ1) is 13.7. The Labute approximate surface area is 103 Å². The fourth-order valence-corrected chi connectivity index (χ4v) is 1.74. The van der Waals surface area contributed by atoms with Gasteiger partial charge in [-0.25, -0.2) is 0 Å². The molecule has 0 saturated carbocycles. The molecule has 1 atom stereocenters. The molecule has 0 aliphatic carbocycles. The van der Waals surface area contributed by atoms with Crippen LogP contribution in [0, 0.1) is 0 Å². The number of carbonyl (C=O) groups excluding carboxylic acids is 1. The van der Waals surface area contributed by atoms with Crippen molar-refractivity contribution in [2.24, 2.45) is 0 Å². The first-order valence-corrected chi connectivity index (χ1v) is 6.23. The molecule has 0 aromatic heterocycles. The van der Waals surface area contributed by atoms with Crippen LogP contribution in [0.5, 0.6) is 0 Å². The van der Waals surface area contributed by atoms with Crippen LogP contribution in [0.1, 0.15) is 44.2 Å². The van der Waals surface area contributed by atoms with Gasteiger partial charge < -0.3 is 10.4 Å². The minimum Gasteiger partial charge on any atom is -0.396 e. The zero-order valence-electron chi connectivity index (χ0n) is 10.4. The summed E-state index contributed by atoms with van der Waals surface area (Å²) in [5.74, 6) is 0.0640. The molecule has 94 valence electrons. The molecule has 1 rings (SSSR count). The minimum atomic E-state index is -0.0782. The van der Waals surface area contributed by atoms with Crippen molar-refractivity contribution in [3.05, 3.63) is 35.9 Å². The number of rotatable bonds is 7. The van der Waals surface area contributed by atoms with Crippen molar-refractivity contribution in [2.75, 3.05) is 6.61 Å². The fraction of sp³-hybridized carbons (Fsp3) is 0.500. The van der Waals surface area contributed by atoms with Gasteiger partial charge in [0.1, 0.15) is 0 Å². The van der Waals surface area contributed by atoms with E-state index >= 15 is 0 Å². The van der Waals surface area contributed by atoms with Gasteiger partial charge >= 0.3 is 0 Å². The van der Waals surface area contributed by atoms with Crippen LogP contribution in [0.15, 0.2) is 30.3 Å². The van der Waals surface area contributed by atoms with Gasteiger partial charge in [0.05, 0.1) is 6.04 Å². The SMILES string of the molecule is CCCCC(=O)NC(CCO)c1ccccc1. The first-order valence-electron chi connectivity index (χ1n) is 6.23. The number of hydrogen-bond acceptors (Lipinski definition) is 2. The normalized spacial score (nSPS) is 12.1. The molecular weight excluding hydrogens is 214 g/mol. The maximum Gasteiger partial charge on any atom is 0.220 e. The highest BCUT2D eigenvalue weighted by molar-refractivity contribution is 5.76. The van der Waals surface area contributed by atoms with Gasteiger partial charge in [0.25, 0.3) is 0 Å². The molecule has 2 N–H and O–H groups in total. The van der Waals surface area contributed by atoms with E-state index in [0.717, 1.165) is 18.4 Å². The van der Waals surface area contributed by atoms with Crippen molar-refractivity contribution in [3.8, 4) is 0 Å². The molecule has 1 aromatic rings. The average molecular weight is 235 g/mol. The molecule has 0 fully saturated rings. The lowest BCUT2D eigenvalue weighted by atomic mass is 10.0. The lowest BCUT2D eigenvalue weighted by Gasteiger charge is -2.18. The second-order valence-electron chi connectivity index (χ2n) is 4.15. The van der Waals surface area contributed by atoms with Crippen LogP contribution in [-0.4, -0.2) is 17.6 Å². The standard InChI is InChI=1S/C14H21NO2/c1-2-3-9-14(17)15-13(10-11-16)12-7-5-4-6-8-12/h4-8,13,16H,2-3,9-11H2,1H3,(H,15,17). The molecule has 17 heavy (non-hydrogen) atoms. The number of nitrogens with one attached hydrogen (secondary N) is 1. The van der Waals surface area contributed by atoms with Crippen molar-refractivity contribution >= 4 is 5.91 Å². The Kier molecular flexibility index (Phi) is 6.33. The second kappa shape index (κ2) is 7.85. The van der Waals surface area contributed by atoms with Gasteiger partial charge in [0.15, 0.2) is 0 Å². The predicted molar refractivity (Wildman–Crippen MR) is 68.6 cm³/mol. The molecule has 3 heteroatoms. The van der Waals surface area contributed by atoms with E-state index in [1.54, 1.807) is 0 Å². The quantitative estimate of drug-likeness (QED) is 0.762. The van der Waals surface area contributed by atoms with Crippen LogP contribution in [0.25, 0.3) is 0 Å². The lowest BCUT2D eigenvalue weighted by Crippen LogP contribution is -2.28. The van der Waals surface area contributed by atoms with Crippen LogP contribution < -0.4 is 5.32 Å². The van der Waals surface area contributed by atoms with Crippen molar-refractivity contribution in [1.29, 1.82) is 0 Å². The number of unbranched alkanes of at least 4 members (excludes halogenated alkanes) is 1. The van der Waals surface area contributed by atoms with Crippen molar-refractivity contribution in [1.82, 2.24) is 5.32 Å². The molecule has 0 heterocycles. The topological polar surface area (TPSA) is 49.3 Å². The van der Waals surface area contributed by atoms with Gasteiger partial charge in [-0.2, -0.15) is 0 Å². The third-order valence-electron chi connectivity index (χ3n) is 2.71. The summed E-state index contributed by atoms with van der Waals surface area (Å²) in [7, 11) is 0. The van der Waals surface area contributed by atoms with Crippen LogP contribution in [-0.2, 0) is 4.79 Å². The smallest absolute Gasteiger partial charge is 0.220 e. The molecule has 1 amide bonds. The monoisotopic (exact) mass is 235 g/mol. The Hall–Kier alpha value is -1.35. The predicted octanol–water partition coefficient (Wildman–Crippen LogP) is 2.42. The molecule has 0 saturated heterocycles. The fourth-order valence-electron chi connectivity index (χ4n) is 1.74. The van der Waals surface area contributed by atoms with Gasteiger partial charge in [-0.05, 0) is 18.4 Å². The lowest BCUT2D eigenvalue weighted by molar-refractivity contribution is -0.122. The Morgan fingerprint density at radius 3 is 2.65 bits per heavy atom. The number of aliphatic hydroxyl groups excluding tert-OH is 1. The molecular formula is C14H21NO2. The first-order chi connectivity index (χ1) is 8.27. The van der Waals surface area contributed by atoms with E-state index in [4.69, 9.17) is 5.11 Å². The molecule has 0 bridgehead atoms. The van der Waals surface area contributed by atoms with E-state index in [1.807, 2.05) is 30.3 Å². The molecule has 1 unspecified atom stereocenters. The number of amides is 1. The number of aliphatic hydroxyl groups is 1. The number of hydrogen-bond donors (Lipinski definition) is 2. The Balaban J connectivity index is 2.57. The highest BCUT2D eigenvalue weighted by Gasteiger charge is 2.13. The van der Waals surface area contributed by atoms with E-state index < -0.39 is 0 Å². The summed E-state index contributed by atoms with van der Waals surface area (Å²) >= 11 is 0. The van der Waals surface area contributed by atoms with E-state index in [-0.39, 0.29) is 18.6 Å². The third kappa shape index (κ3) is 5.00. The maximum absolute atomic E-state index is 11.7. The van der Waals surface area contributed by atoms with Gasteiger partial charge in [-0.15, -0.1) is 0 Å². The zero-order valence-corrected chi connectivity index (χ0v) is 10.4. The summed E-state index contributed by atoms with van der Waals surface area (Å²) in [6, 6.07) is 9.69. The Bertz CT molecular complexity index is 324. The highest BCUT2D eigenvalue weighted by atomic mass is 16.3. The summed E-state index contributed by atoms with van der Waals surface area (Å²) in [4.78, 5) is 11.7. The van der Waals surface area contributed by atoms with Crippen molar-refractivity contribution < 1.29 is 9.90 Å². The molecule has 3 nitrogen and oxygen atoms in total. The van der Waals surface area contributed by atoms with Gasteiger partial charge in [-0.3, -0.25) is 4.79 Å². The van der Waals surface area contributed by atoms with E-state index in [1.165, 1.54) is 0 Å². The van der Waals surface area contributed by atoms with Crippen LogP contribution in [0.3, 0.4) is 0 Å². The Morgan fingerprint density at radius 2 is 2.06 bits per heavy atom. The Morgan fingerprint density at radius 1 is 1.35 bits per heavy atom. The minimum absolute atomic E-state index is 0.0640. The largest absolute Gasteiger partial charge is 0.396 e. The van der Waals surface area contributed by atoms with Gasteiger partial charge in [-0.1, -0.05) is 43.7 Å². The summed E-state index contributed by atoms with van der Waals surface area (Å²) in [6.07, 6.45) is 3.04. The van der Waals surface area contributed by atoms with Gasteiger partial charge in [0.2, 0.25) is 5.91 Å². The van der Waals surface area contributed by atoms with Gasteiger partial charge in [0, 0.05) is 13.0 Å². The van der Waals surface area contributed by atoms with E-state index in [9.17, 15) is 4.79 Å². The summed E-state index contributed by atoms with van der Waals surface area (Å²) in [5.41, 5.74) is 1.05. The molecule has 1 aromatic carbocycles. The van der Waals surface area contributed by atoms with Crippen molar-refractivity contribution in [2.45, 2.75) is 38.6 Å². The number of benzene rings is 1. The third-order valence-corrected chi connectivity index (χ3v) is 2.71. The zero-order chi connectivity index (χ0) is 12.5. The second-order valence-corrected chi connectivity index (χ2v) is 4.15. The van der Waals surface area contributed by atoms with Crippen molar-refractivity contribution in [3.63, 3.8) is 0 Å². The summed E-state index contributed by atoms with van der Waals surface area (Å²) < 4.78 is 0. The van der Waals surface area contributed by atoms with E-state index in [2.05, 4.69) is 12.2 Å². The molecule has 0 aliphatic heterocycles. The molecule has 0 aliphatic rings. The maximum atomic E-state index is 11.7. The summed E-state index contributed by atoms with van der Waals surface area (Å²) in [5, 5.41) is 12.0. The van der Waals surface area contributed by atoms with Crippen LogP contribution in [0.2, 0.25) is 0 Å². The van der Waals surface area contributed by atoms with Crippen LogP contribution >= 0.6 is 0 Å². The molecule has 0 radical (unpaired) electrons. The van der Waals surface area contributed by atoms with Crippen LogP contribution in [0.4, 0.5) is 0 Å². The number of carbonyl (C=O) groups is 1.